The molecule has 0 saturated carbocycles. The Morgan fingerprint density at radius 2 is 1.48 bits per heavy atom. The molecule has 0 aliphatic rings. The standard InChI is InChI=1S/C34H45N3O6S/c1-8-10-17-35-34(39)30(9-2)36(22-27-13-11-24(3)12-14-27)33(38)23-37(28-19-25(4)18-26(5)20-28)44(40,41)29-15-16-31(42-6)32(21-29)43-7/h11-16,18-21,30H,8-10,17,22-23H2,1-7H3,(H,35,39)/t30-/m1/s1. The van der Waals surface area contributed by atoms with Gasteiger partial charge in [-0.05, 0) is 74.6 Å². The summed E-state index contributed by atoms with van der Waals surface area (Å²) in [6.45, 7) is 9.75. The fourth-order valence-corrected chi connectivity index (χ4v) is 6.46. The van der Waals surface area contributed by atoms with E-state index in [4.69, 9.17) is 9.47 Å². The van der Waals surface area contributed by atoms with Crippen molar-refractivity contribution in [2.45, 2.75) is 71.4 Å². The summed E-state index contributed by atoms with van der Waals surface area (Å²) in [5, 5.41) is 2.95. The Kier molecular flexibility index (Phi) is 12.2. The van der Waals surface area contributed by atoms with Crippen molar-refractivity contribution in [3.63, 3.8) is 0 Å². The van der Waals surface area contributed by atoms with Crippen molar-refractivity contribution in [3.8, 4) is 11.5 Å². The van der Waals surface area contributed by atoms with Gasteiger partial charge in [0.1, 0.15) is 12.6 Å². The van der Waals surface area contributed by atoms with E-state index in [2.05, 4.69) is 5.32 Å². The number of unbranched alkanes of at least 4 members (excludes halogenated alkanes) is 1. The van der Waals surface area contributed by atoms with Crippen LogP contribution in [0.25, 0.3) is 0 Å². The molecular formula is C34H45N3O6S. The lowest BCUT2D eigenvalue weighted by molar-refractivity contribution is -0.140. The number of hydrogen-bond donors (Lipinski definition) is 1. The Hall–Kier alpha value is -4.05. The van der Waals surface area contributed by atoms with Gasteiger partial charge >= 0.3 is 0 Å². The summed E-state index contributed by atoms with van der Waals surface area (Å²) in [5.74, 6) is -0.130. The van der Waals surface area contributed by atoms with Crippen molar-refractivity contribution in [2.24, 2.45) is 0 Å². The van der Waals surface area contributed by atoms with Crippen LogP contribution in [-0.4, -0.2) is 58.5 Å². The summed E-state index contributed by atoms with van der Waals surface area (Å²) < 4.78 is 40.4. The number of sulfonamides is 1. The number of nitrogens with zero attached hydrogens (tertiary/aromatic N) is 2. The molecular weight excluding hydrogens is 578 g/mol. The van der Waals surface area contributed by atoms with Gasteiger partial charge in [-0.2, -0.15) is 0 Å². The van der Waals surface area contributed by atoms with Gasteiger partial charge in [0.05, 0.1) is 24.8 Å². The molecule has 3 aromatic carbocycles. The molecule has 3 rings (SSSR count). The number of nitrogens with one attached hydrogen (secondary N) is 1. The molecule has 44 heavy (non-hydrogen) atoms. The highest BCUT2D eigenvalue weighted by atomic mass is 32.2. The number of rotatable bonds is 15. The maximum absolute atomic E-state index is 14.3. The molecule has 0 aromatic heterocycles. The van der Waals surface area contributed by atoms with Crippen LogP contribution in [0.15, 0.2) is 65.6 Å². The number of methoxy groups -OCH3 is 2. The van der Waals surface area contributed by atoms with Gasteiger partial charge in [0.25, 0.3) is 10.0 Å². The van der Waals surface area contributed by atoms with Gasteiger partial charge in [0.15, 0.2) is 11.5 Å². The molecule has 0 saturated heterocycles. The number of carbonyl (C=O) groups is 2. The van der Waals surface area contributed by atoms with Gasteiger partial charge in [-0.25, -0.2) is 8.42 Å². The van der Waals surface area contributed by atoms with Gasteiger partial charge in [0.2, 0.25) is 11.8 Å². The Labute approximate surface area is 262 Å². The van der Waals surface area contributed by atoms with Crippen molar-refractivity contribution in [3.05, 3.63) is 82.9 Å². The first kappa shape index (κ1) is 34.4. The molecule has 1 atom stereocenters. The zero-order chi connectivity index (χ0) is 32.4. The van der Waals surface area contributed by atoms with E-state index in [0.29, 0.717) is 24.4 Å². The smallest absolute Gasteiger partial charge is 0.264 e. The van der Waals surface area contributed by atoms with Crippen molar-refractivity contribution in [1.29, 1.82) is 0 Å². The molecule has 0 heterocycles. The summed E-state index contributed by atoms with van der Waals surface area (Å²) in [7, 11) is -1.37. The highest BCUT2D eigenvalue weighted by molar-refractivity contribution is 7.92. The van der Waals surface area contributed by atoms with Crippen LogP contribution in [0.5, 0.6) is 11.5 Å². The Morgan fingerprint density at radius 3 is 2.05 bits per heavy atom. The zero-order valence-electron chi connectivity index (χ0n) is 26.8. The van der Waals surface area contributed by atoms with Crippen LogP contribution in [0, 0.1) is 20.8 Å². The monoisotopic (exact) mass is 623 g/mol. The number of carbonyl (C=O) groups excluding carboxylic acids is 2. The van der Waals surface area contributed by atoms with Gasteiger partial charge in [0, 0.05) is 19.2 Å². The molecule has 238 valence electrons. The maximum Gasteiger partial charge on any atom is 0.264 e. The van der Waals surface area contributed by atoms with E-state index in [0.717, 1.165) is 39.4 Å². The zero-order valence-corrected chi connectivity index (χ0v) is 27.7. The summed E-state index contributed by atoms with van der Waals surface area (Å²) in [4.78, 5) is 29.1. The molecule has 2 amide bonds. The molecule has 1 N–H and O–H groups in total. The quantitative estimate of drug-likeness (QED) is 0.223. The lowest BCUT2D eigenvalue weighted by atomic mass is 10.1. The average molecular weight is 624 g/mol. The highest BCUT2D eigenvalue weighted by Gasteiger charge is 2.34. The van der Waals surface area contributed by atoms with E-state index in [1.807, 2.05) is 65.0 Å². The minimum Gasteiger partial charge on any atom is -0.493 e. The van der Waals surface area contributed by atoms with Crippen molar-refractivity contribution in [2.75, 3.05) is 31.6 Å². The van der Waals surface area contributed by atoms with E-state index in [-0.39, 0.29) is 23.1 Å². The lowest BCUT2D eigenvalue weighted by Crippen LogP contribution is -2.52. The average Bonchev–Trinajstić information content (AvgIpc) is 2.99. The number of amides is 2. The number of aryl methyl sites for hydroxylation is 3. The highest BCUT2D eigenvalue weighted by Crippen LogP contribution is 2.33. The minimum atomic E-state index is -4.27. The van der Waals surface area contributed by atoms with E-state index in [9.17, 15) is 18.0 Å². The van der Waals surface area contributed by atoms with Gasteiger partial charge < -0.3 is 19.7 Å². The second-order valence-electron chi connectivity index (χ2n) is 11.0. The van der Waals surface area contributed by atoms with E-state index < -0.39 is 28.5 Å². The normalized spacial score (nSPS) is 11.9. The summed E-state index contributed by atoms with van der Waals surface area (Å²) in [6, 6.07) is 16.7. The molecule has 0 unspecified atom stereocenters. The topological polar surface area (TPSA) is 105 Å². The summed E-state index contributed by atoms with van der Waals surface area (Å²) in [5.41, 5.74) is 3.94. The van der Waals surface area contributed by atoms with Crippen LogP contribution in [-0.2, 0) is 26.2 Å². The van der Waals surface area contributed by atoms with E-state index >= 15 is 0 Å². The third kappa shape index (κ3) is 8.53. The minimum absolute atomic E-state index is 0.0588. The predicted octanol–water partition coefficient (Wildman–Crippen LogP) is 5.55. The Morgan fingerprint density at radius 1 is 0.841 bits per heavy atom. The fraction of sp³-hybridized carbons (Fsp3) is 0.412. The van der Waals surface area contributed by atoms with Crippen LogP contribution in [0.3, 0.4) is 0 Å². The second-order valence-corrected chi connectivity index (χ2v) is 12.8. The van der Waals surface area contributed by atoms with Crippen LogP contribution < -0.4 is 19.1 Å². The van der Waals surface area contributed by atoms with E-state index in [1.165, 1.54) is 37.3 Å². The number of hydrogen-bond acceptors (Lipinski definition) is 6. The molecule has 10 heteroatoms. The van der Waals surface area contributed by atoms with Crippen LogP contribution in [0.2, 0.25) is 0 Å². The largest absolute Gasteiger partial charge is 0.493 e. The SMILES string of the molecule is CCCCNC(=O)[C@@H](CC)N(Cc1ccc(C)cc1)C(=O)CN(c1cc(C)cc(C)c1)S(=O)(=O)c1ccc(OC)c(OC)c1. The Balaban J connectivity index is 2.11. The number of benzene rings is 3. The molecule has 0 aliphatic heterocycles. The summed E-state index contributed by atoms with van der Waals surface area (Å²) >= 11 is 0. The second kappa shape index (κ2) is 15.6. The van der Waals surface area contributed by atoms with Gasteiger partial charge in [-0.15, -0.1) is 0 Å². The first-order valence-corrected chi connectivity index (χ1v) is 16.3. The van der Waals surface area contributed by atoms with Crippen LogP contribution in [0.1, 0.15) is 55.4 Å². The van der Waals surface area contributed by atoms with Crippen LogP contribution in [0.4, 0.5) is 5.69 Å². The molecule has 3 aromatic rings. The Bertz CT molecular complexity index is 1520. The first-order chi connectivity index (χ1) is 20.9. The number of ether oxygens (including phenoxy) is 2. The van der Waals surface area contributed by atoms with Gasteiger partial charge in [-0.3, -0.25) is 13.9 Å². The first-order valence-electron chi connectivity index (χ1n) is 14.9. The molecule has 0 aliphatic carbocycles. The van der Waals surface area contributed by atoms with Crippen molar-refractivity contribution < 1.29 is 27.5 Å². The maximum atomic E-state index is 14.3. The lowest BCUT2D eigenvalue weighted by Gasteiger charge is -2.33. The molecule has 0 radical (unpaired) electrons. The molecule has 0 fully saturated rings. The molecule has 0 spiro atoms. The van der Waals surface area contributed by atoms with Crippen molar-refractivity contribution >= 4 is 27.5 Å². The summed E-state index contributed by atoms with van der Waals surface area (Å²) in [6.07, 6.45) is 2.10. The third-order valence-corrected chi connectivity index (χ3v) is 9.18. The van der Waals surface area contributed by atoms with Gasteiger partial charge in [-0.1, -0.05) is 56.2 Å². The molecule has 0 bridgehead atoms. The van der Waals surface area contributed by atoms with E-state index in [1.54, 1.807) is 12.1 Å². The predicted molar refractivity (Wildman–Crippen MR) is 174 cm³/mol. The van der Waals surface area contributed by atoms with Crippen LogP contribution >= 0.6 is 0 Å². The van der Waals surface area contributed by atoms with Crippen molar-refractivity contribution in [1.82, 2.24) is 10.2 Å². The fourth-order valence-electron chi connectivity index (χ4n) is 5.04. The molecule has 9 nitrogen and oxygen atoms in total. The number of anilines is 1. The third-order valence-electron chi connectivity index (χ3n) is 7.41.